The van der Waals surface area contributed by atoms with E-state index in [0.29, 0.717) is 6.54 Å². The zero-order chi connectivity index (χ0) is 16.3. The molecule has 2 heterocycles. The summed E-state index contributed by atoms with van der Waals surface area (Å²) < 4.78 is 0. The van der Waals surface area contributed by atoms with Gasteiger partial charge in [-0.3, -0.25) is 4.79 Å². The number of aryl methyl sites for hydroxylation is 1. The lowest BCUT2D eigenvalue weighted by atomic mass is 9.82. The second-order valence-corrected chi connectivity index (χ2v) is 8.47. The van der Waals surface area contributed by atoms with Crippen molar-refractivity contribution >= 4 is 28.6 Å². The Hall–Kier alpha value is -1.24. The van der Waals surface area contributed by atoms with Gasteiger partial charge in [0.15, 0.2) is 0 Å². The van der Waals surface area contributed by atoms with Crippen molar-refractivity contribution in [3.8, 4) is 10.6 Å². The van der Waals surface area contributed by atoms with E-state index in [1.807, 2.05) is 6.92 Å². The SMILES string of the molecule is Cc1nc(-c2ccc(CCNC(=O)C3(N)CCCCC3)s2)cs1. The van der Waals surface area contributed by atoms with E-state index >= 15 is 0 Å². The fourth-order valence-corrected chi connectivity index (χ4v) is 4.67. The number of rotatable bonds is 5. The maximum atomic E-state index is 12.3. The standard InChI is InChI=1S/C17H23N3OS2/c1-12-20-14(11-22-12)15-6-5-13(23-15)7-10-19-16(21)17(18)8-3-2-4-9-17/h5-6,11H,2-4,7-10,18H2,1H3,(H,19,21). The predicted octanol–water partition coefficient (Wildman–Crippen LogP) is 3.50. The number of hydrogen-bond donors (Lipinski definition) is 2. The zero-order valence-corrected chi connectivity index (χ0v) is 15.1. The molecule has 4 nitrogen and oxygen atoms in total. The largest absolute Gasteiger partial charge is 0.354 e. The lowest BCUT2D eigenvalue weighted by molar-refractivity contribution is -0.127. The zero-order valence-electron chi connectivity index (χ0n) is 13.4. The van der Waals surface area contributed by atoms with Gasteiger partial charge in [0.05, 0.1) is 21.1 Å². The lowest BCUT2D eigenvalue weighted by Crippen LogP contribution is -2.55. The van der Waals surface area contributed by atoms with Crippen molar-refractivity contribution in [2.24, 2.45) is 5.73 Å². The molecule has 2 aromatic heterocycles. The van der Waals surface area contributed by atoms with Crippen molar-refractivity contribution in [1.82, 2.24) is 10.3 Å². The molecule has 1 aliphatic carbocycles. The molecule has 2 aromatic rings. The van der Waals surface area contributed by atoms with E-state index in [9.17, 15) is 4.79 Å². The van der Waals surface area contributed by atoms with Gasteiger partial charge in [-0.2, -0.15) is 0 Å². The smallest absolute Gasteiger partial charge is 0.240 e. The van der Waals surface area contributed by atoms with Crippen LogP contribution in [-0.4, -0.2) is 23.0 Å². The number of carbonyl (C=O) groups excluding carboxylic acids is 1. The van der Waals surface area contributed by atoms with Crippen molar-refractivity contribution in [2.45, 2.75) is 51.0 Å². The molecule has 3 N–H and O–H groups in total. The summed E-state index contributed by atoms with van der Waals surface area (Å²) in [6.45, 7) is 2.67. The first-order chi connectivity index (χ1) is 11.1. The van der Waals surface area contributed by atoms with Crippen LogP contribution in [0.2, 0.25) is 0 Å². The van der Waals surface area contributed by atoms with E-state index < -0.39 is 5.54 Å². The van der Waals surface area contributed by atoms with Gasteiger partial charge in [-0.05, 0) is 38.3 Å². The third-order valence-electron chi connectivity index (χ3n) is 4.39. The molecule has 0 saturated heterocycles. The third kappa shape index (κ3) is 4.00. The van der Waals surface area contributed by atoms with Gasteiger partial charge in [-0.15, -0.1) is 22.7 Å². The Morgan fingerprint density at radius 3 is 2.83 bits per heavy atom. The number of carbonyl (C=O) groups is 1. The van der Waals surface area contributed by atoms with Gasteiger partial charge < -0.3 is 11.1 Å². The molecule has 0 aliphatic heterocycles. The first-order valence-electron chi connectivity index (χ1n) is 8.15. The first-order valence-corrected chi connectivity index (χ1v) is 9.85. The number of aromatic nitrogens is 1. The first kappa shape index (κ1) is 16.6. The minimum atomic E-state index is -0.642. The average Bonchev–Trinajstić information content (AvgIpc) is 3.17. The average molecular weight is 350 g/mol. The highest BCUT2D eigenvalue weighted by molar-refractivity contribution is 7.16. The fraction of sp³-hybridized carbons (Fsp3) is 0.529. The number of nitrogens with two attached hydrogens (primary N) is 1. The van der Waals surface area contributed by atoms with Gasteiger partial charge in [0, 0.05) is 16.8 Å². The molecular weight excluding hydrogens is 326 g/mol. The molecule has 23 heavy (non-hydrogen) atoms. The van der Waals surface area contributed by atoms with Crippen molar-refractivity contribution in [2.75, 3.05) is 6.54 Å². The summed E-state index contributed by atoms with van der Waals surface area (Å²) in [5, 5.41) is 6.20. The van der Waals surface area contributed by atoms with Crippen LogP contribution in [0.3, 0.4) is 0 Å². The summed E-state index contributed by atoms with van der Waals surface area (Å²) in [5.41, 5.74) is 6.66. The number of thiazole rings is 1. The van der Waals surface area contributed by atoms with Gasteiger partial charge in [0.2, 0.25) is 5.91 Å². The molecule has 1 fully saturated rings. The highest BCUT2D eigenvalue weighted by atomic mass is 32.1. The lowest BCUT2D eigenvalue weighted by Gasteiger charge is -2.31. The topological polar surface area (TPSA) is 68.0 Å². The summed E-state index contributed by atoms with van der Waals surface area (Å²) in [7, 11) is 0. The number of amides is 1. The minimum absolute atomic E-state index is 0.0177. The molecule has 1 amide bonds. The van der Waals surface area contributed by atoms with E-state index in [1.54, 1.807) is 22.7 Å². The van der Waals surface area contributed by atoms with Crippen molar-refractivity contribution < 1.29 is 4.79 Å². The molecule has 3 rings (SSSR count). The summed E-state index contributed by atoms with van der Waals surface area (Å²) in [4.78, 5) is 19.3. The summed E-state index contributed by atoms with van der Waals surface area (Å²) in [6.07, 6.45) is 5.78. The van der Waals surface area contributed by atoms with Crippen LogP contribution < -0.4 is 11.1 Å². The molecule has 1 aliphatic rings. The quantitative estimate of drug-likeness (QED) is 0.868. The predicted molar refractivity (Wildman–Crippen MR) is 96.9 cm³/mol. The molecule has 0 radical (unpaired) electrons. The van der Waals surface area contributed by atoms with Crippen LogP contribution in [0, 0.1) is 6.92 Å². The summed E-state index contributed by atoms with van der Waals surface area (Å²) in [6, 6.07) is 4.24. The Morgan fingerprint density at radius 2 is 2.13 bits per heavy atom. The highest BCUT2D eigenvalue weighted by Gasteiger charge is 2.34. The highest BCUT2D eigenvalue weighted by Crippen LogP contribution is 2.29. The van der Waals surface area contributed by atoms with Gasteiger partial charge in [-0.1, -0.05) is 19.3 Å². The Balaban J connectivity index is 1.51. The molecule has 1 saturated carbocycles. The Bertz CT molecular complexity index is 671. The van der Waals surface area contributed by atoms with Crippen LogP contribution in [-0.2, 0) is 11.2 Å². The fourth-order valence-electron chi connectivity index (χ4n) is 3.01. The molecular formula is C17H23N3OS2. The molecule has 0 unspecified atom stereocenters. The Kier molecular flexibility index (Phi) is 5.14. The Morgan fingerprint density at radius 1 is 1.35 bits per heavy atom. The number of hydrogen-bond acceptors (Lipinski definition) is 5. The van der Waals surface area contributed by atoms with E-state index in [4.69, 9.17) is 5.73 Å². The van der Waals surface area contributed by atoms with E-state index in [2.05, 4.69) is 27.8 Å². The minimum Gasteiger partial charge on any atom is -0.354 e. The van der Waals surface area contributed by atoms with Crippen LogP contribution >= 0.6 is 22.7 Å². The second kappa shape index (κ2) is 7.11. The van der Waals surface area contributed by atoms with Crippen molar-refractivity contribution in [3.63, 3.8) is 0 Å². The van der Waals surface area contributed by atoms with Gasteiger partial charge in [0.1, 0.15) is 0 Å². The van der Waals surface area contributed by atoms with Gasteiger partial charge >= 0.3 is 0 Å². The molecule has 0 spiro atoms. The van der Waals surface area contributed by atoms with Crippen molar-refractivity contribution in [3.05, 3.63) is 27.4 Å². The maximum absolute atomic E-state index is 12.3. The van der Waals surface area contributed by atoms with Gasteiger partial charge in [0.25, 0.3) is 0 Å². The Labute approximate surface area is 145 Å². The van der Waals surface area contributed by atoms with Crippen LogP contribution in [0.5, 0.6) is 0 Å². The summed E-state index contributed by atoms with van der Waals surface area (Å²) in [5.74, 6) is 0.0177. The molecule has 0 atom stereocenters. The van der Waals surface area contributed by atoms with E-state index in [-0.39, 0.29) is 5.91 Å². The second-order valence-electron chi connectivity index (χ2n) is 6.24. The molecule has 0 bridgehead atoms. The number of nitrogens with zero attached hydrogens (tertiary/aromatic N) is 1. The summed E-state index contributed by atoms with van der Waals surface area (Å²) >= 11 is 3.42. The maximum Gasteiger partial charge on any atom is 0.240 e. The van der Waals surface area contributed by atoms with Crippen molar-refractivity contribution in [1.29, 1.82) is 0 Å². The number of thiophene rings is 1. The monoisotopic (exact) mass is 349 g/mol. The van der Waals surface area contributed by atoms with E-state index in [1.165, 1.54) is 16.2 Å². The van der Waals surface area contributed by atoms with Crippen LogP contribution in [0.15, 0.2) is 17.5 Å². The van der Waals surface area contributed by atoms with Gasteiger partial charge in [-0.25, -0.2) is 4.98 Å². The third-order valence-corrected chi connectivity index (χ3v) is 6.33. The molecule has 124 valence electrons. The van der Waals surface area contributed by atoms with Crippen LogP contribution in [0.1, 0.15) is 42.0 Å². The van der Waals surface area contributed by atoms with Crippen LogP contribution in [0.25, 0.3) is 10.6 Å². The molecule has 0 aromatic carbocycles. The molecule has 6 heteroatoms. The number of nitrogens with one attached hydrogen (secondary N) is 1. The normalized spacial score (nSPS) is 17.1. The van der Waals surface area contributed by atoms with Crippen LogP contribution in [0.4, 0.5) is 0 Å². The van der Waals surface area contributed by atoms with E-state index in [0.717, 1.165) is 42.8 Å².